The van der Waals surface area contributed by atoms with Crippen LogP contribution in [-0.2, 0) is 17.1 Å². The summed E-state index contributed by atoms with van der Waals surface area (Å²) in [7, 11) is 0. The smallest absolute Gasteiger partial charge is 0.164 e. The van der Waals surface area contributed by atoms with Gasteiger partial charge in [0, 0.05) is 60.9 Å². The van der Waals surface area contributed by atoms with E-state index in [2.05, 4.69) is 22.1 Å². The first-order valence-corrected chi connectivity index (χ1v) is 14.6. The Morgan fingerprint density at radius 3 is 1.04 bits per heavy atom. The Kier molecular flexibility index (Phi) is 6.49. The number of hydrogen-bond donors (Lipinski definition) is 2. The zero-order valence-electron chi connectivity index (χ0n) is 24.7. The molecule has 13 heteroatoms. The molecule has 0 spiro atoms. The number of rotatable bonds is 0. The Balaban J connectivity index is 0.00000348. The van der Waals surface area contributed by atoms with Crippen LogP contribution in [0.4, 0.5) is 0 Å². The predicted molar refractivity (Wildman–Crippen MR) is 175 cm³/mol. The topological polar surface area (TPSA) is 204 Å². The van der Waals surface area contributed by atoms with Crippen LogP contribution in [0, 0.1) is 45.3 Å². The standard InChI is InChI=1S/C36H14N12.Cu/c37-13-23-24(14-38)26(16-40)28-27(25(23)15-39)35-46-33-21-11-5-3-9-19(21)31(44-33)42-29-17-7-1-2-8-18(17)30(41-29)43-32-20-10-4-6-12-22(20)34(45-32)47-36(28)48-35;/h1-12H,(H2,41,42,43,44,45,46,47,48);. The van der Waals surface area contributed by atoms with Crippen molar-refractivity contribution < 1.29 is 17.1 Å². The number of fused-ring (bicyclic) bond motifs is 20. The predicted octanol–water partition coefficient (Wildman–Crippen LogP) is 6.35. The van der Waals surface area contributed by atoms with E-state index in [1.165, 1.54) is 0 Å². The molecule has 5 heterocycles. The third kappa shape index (κ3) is 4.12. The second-order valence-corrected chi connectivity index (χ2v) is 10.9. The van der Waals surface area contributed by atoms with Crippen molar-refractivity contribution in [3.05, 3.63) is 95.1 Å². The van der Waals surface area contributed by atoms with E-state index in [-0.39, 0.29) is 73.0 Å². The largest absolute Gasteiger partial charge is 0.324 e. The van der Waals surface area contributed by atoms with E-state index in [1.54, 1.807) is 0 Å². The van der Waals surface area contributed by atoms with Crippen molar-refractivity contribution in [3.8, 4) is 69.8 Å². The fourth-order valence-electron chi connectivity index (χ4n) is 6.35. The van der Waals surface area contributed by atoms with Crippen LogP contribution in [0.2, 0.25) is 0 Å². The van der Waals surface area contributed by atoms with Gasteiger partial charge in [0.1, 0.15) is 46.9 Å². The molecule has 0 saturated carbocycles. The molecule has 8 bridgehead atoms. The summed E-state index contributed by atoms with van der Waals surface area (Å²) in [6, 6.07) is 30.8. The average Bonchev–Trinajstić information content (AvgIpc) is 3.86. The second-order valence-electron chi connectivity index (χ2n) is 10.9. The average molecular weight is 678 g/mol. The molecule has 7 aromatic rings. The number of aromatic nitrogens is 8. The van der Waals surface area contributed by atoms with Crippen molar-refractivity contribution >= 4 is 44.1 Å². The van der Waals surface area contributed by atoms with Crippen LogP contribution in [0.3, 0.4) is 0 Å². The molecule has 9 rings (SSSR count). The summed E-state index contributed by atoms with van der Waals surface area (Å²) < 4.78 is 0. The Hall–Kier alpha value is -7.28. The summed E-state index contributed by atoms with van der Waals surface area (Å²) in [5.41, 5.74) is 3.52. The molecular weight excluding hydrogens is 664 g/mol. The molecule has 0 unspecified atom stereocenters. The first-order valence-electron chi connectivity index (χ1n) is 14.6. The molecule has 0 fully saturated rings. The van der Waals surface area contributed by atoms with Gasteiger partial charge in [0.25, 0.3) is 0 Å². The van der Waals surface area contributed by atoms with Gasteiger partial charge in [-0.25, -0.2) is 29.9 Å². The van der Waals surface area contributed by atoms with Crippen LogP contribution < -0.4 is 0 Å². The first kappa shape index (κ1) is 29.1. The molecular formula is C36H14CuN12. The number of H-pyrrole nitrogens is 2. The number of hydrogen-bond acceptors (Lipinski definition) is 10. The molecule has 1 radical (unpaired) electrons. The monoisotopic (exact) mass is 677 g/mol. The van der Waals surface area contributed by atoms with Crippen molar-refractivity contribution in [2.45, 2.75) is 0 Å². The van der Waals surface area contributed by atoms with Crippen LogP contribution in [0.15, 0.2) is 72.8 Å². The molecule has 49 heavy (non-hydrogen) atoms. The zero-order valence-corrected chi connectivity index (χ0v) is 25.6. The van der Waals surface area contributed by atoms with Crippen LogP contribution in [0.1, 0.15) is 22.3 Å². The molecule has 2 aliphatic heterocycles. The molecule has 0 amide bonds. The molecule has 229 valence electrons. The molecule has 0 atom stereocenters. The van der Waals surface area contributed by atoms with E-state index in [1.807, 2.05) is 84.9 Å². The van der Waals surface area contributed by atoms with Gasteiger partial charge in [-0.2, -0.15) is 21.0 Å². The normalized spacial score (nSPS) is 11.0. The third-order valence-corrected chi connectivity index (χ3v) is 8.44. The van der Waals surface area contributed by atoms with Gasteiger partial charge in [0.15, 0.2) is 23.3 Å². The zero-order chi connectivity index (χ0) is 32.5. The quantitative estimate of drug-likeness (QED) is 0.170. The fourth-order valence-corrected chi connectivity index (χ4v) is 6.35. The van der Waals surface area contributed by atoms with Crippen LogP contribution in [0.5, 0.6) is 0 Å². The maximum Gasteiger partial charge on any atom is 0.164 e. The summed E-state index contributed by atoms with van der Waals surface area (Å²) in [5, 5.41) is 42.8. The van der Waals surface area contributed by atoms with Crippen LogP contribution >= 0.6 is 0 Å². The molecule has 0 aliphatic carbocycles. The van der Waals surface area contributed by atoms with Crippen LogP contribution in [0.25, 0.3) is 89.7 Å². The summed E-state index contributed by atoms with van der Waals surface area (Å²) in [6.45, 7) is 0. The summed E-state index contributed by atoms with van der Waals surface area (Å²) in [6.07, 6.45) is 0. The Morgan fingerprint density at radius 1 is 0.388 bits per heavy atom. The van der Waals surface area contributed by atoms with Crippen LogP contribution in [-0.4, -0.2) is 39.9 Å². The summed E-state index contributed by atoms with van der Waals surface area (Å²) >= 11 is 0. The Labute approximate surface area is 286 Å². The van der Waals surface area contributed by atoms with Crippen molar-refractivity contribution in [1.82, 2.24) is 39.9 Å². The number of benzene rings is 4. The molecule has 4 aromatic carbocycles. The molecule has 3 aromatic heterocycles. The SMILES string of the molecule is N#Cc1c(C#N)c(C#N)c2c3nc4nc(nc5[nH]c(nc6nc(nc([nH]3)c2c1C#N)-c1ccccc1-6)c1ccccc51)-c1ccccc1-4.[Cu]. The minimum absolute atomic E-state index is 0. The van der Waals surface area contributed by atoms with Crippen molar-refractivity contribution in [2.75, 3.05) is 0 Å². The van der Waals surface area contributed by atoms with E-state index in [0.717, 1.165) is 21.9 Å². The maximum atomic E-state index is 10.3. The van der Waals surface area contributed by atoms with E-state index < -0.39 is 0 Å². The van der Waals surface area contributed by atoms with Gasteiger partial charge in [-0.1, -0.05) is 72.8 Å². The van der Waals surface area contributed by atoms with Gasteiger partial charge in [-0.05, 0) is 0 Å². The molecule has 0 saturated heterocycles. The minimum Gasteiger partial charge on any atom is -0.324 e. The van der Waals surface area contributed by atoms with Gasteiger partial charge >= 0.3 is 0 Å². The molecule has 12 nitrogen and oxygen atoms in total. The number of nitriles is 4. The van der Waals surface area contributed by atoms with Gasteiger partial charge < -0.3 is 9.97 Å². The van der Waals surface area contributed by atoms with Crippen molar-refractivity contribution in [3.63, 3.8) is 0 Å². The molecule has 2 aliphatic rings. The van der Waals surface area contributed by atoms with Crippen molar-refractivity contribution in [1.29, 1.82) is 21.0 Å². The Morgan fingerprint density at radius 2 is 0.694 bits per heavy atom. The van der Waals surface area contributed by atoms with Gasteiger partial charge in [-0.3, -0.25) is 0 Å². The third-order valence-electron chi connectivity index (χ3n) is 8.44. The summed E-state index contributed by atoms with van der Waals surface area (Å²) in [4.78, 5) is 35.8. The molecule has 2 N–H and O–H groups in total. The van der Waals surface area contributed by atoms with E-state index in [0.29, 0.717) is 34.1 Å². The van der Waals surface area contributed by atoms with E-state index in [4.69, 9.17) is 29.9 Å². The number of nitrogens with zero attached hydrogens (tertiary/aromatic N) is 10. The number of aromatic amines is 2. The minimum atomic E-state index is -0.222. The van der Waals surface area contributed by atoms with E-state index >= 15 is 0 Å². The van der Waals surface area contributed by atoms with Gasteiger partial charge in [-0.15, -0.1) is 0 Å². The van der Waals surface area contributed by atoms with Gasteiger partial charge in [0.05, 0.1) is 22.3 Å². The first-order chi connectivity index (χ1) is 23.6. The van der Waals surface area contributed by atoms with Gasteiger partial charge in [0.2, 0.25) is 0 Å². The second kappa shape index (κ2) is 10.9. The maximum absolute atomic E-state index is 10.3. The summed E-state index contributed by atoms with van der Waals surface area (Å²) in [5.74, 6) is 1.38. The van der Waals surface area contributed by atoms with Crippen molar-refractivity contribution in [2.24, 2.45) is 0 Å². The fraction of sp³-hybridized carbons (Fsp3) is 0. The van der Waals surface area contributed by atoms with E-state index in [9.17, 15) is 21.0 Å². The Bertz CT molecular complexity index is 2770. The number of nitrogens with one attached hydrogen (secondary N) is 2.